The molecule has 0 aliphatic heterocycles. The zero-order chi connectivity index (χ0) is 11.3. The van der Waals surface area contributed by atoms with E-state index < -0.39 is 0 Å². The van der Waals surface area contributed by atoms with Gasteiger partial charge in [0.15, 0.2) is 0 Å². The molecule has 0 heterocycles. The molecule has 0 aliphatic carbocycles. The lowest BCUT2D eigenvalue weighted by Crippen LogP contribution is -2.12. The molecule has 0 aromatic heterocycles. The van der Waals surface area contributed by atoms with Crippen molar-refractivity contribution in [1.29, 1.82) is 0 Å². The maximum Gasteiger partial charge on any atom is 0.142 e. The molecule has 0 saturated heterocycles. The Kier molecular flexibility index (Phi) is 7.98. The molecular weight excluding hydrogens is 292 g/mol. The third-order valence-corrected chi connectivity index (χ3v) is 3.11. The summed E-state index contributed by atoms with van der Waals surface area (Å²) >= 11 is 3.17. The summed E-state index contributed by atoms with van der Waals surface area (Å²) < 4.78 is 14.1. The summed E-state index contributed by atoms with van der Waals surface area (Å²) in [7, 11) is 0. The first-order valence-corrected chi connectivity index (χ1v) is 6.15. The van der Waals surface area contributed by atoms with Crippen LogP contribution in [0.5, 0.6) is 0 Å². The third kappa shape index (κ3) is 4.40. The van der Waals surface area contributed by atoms with Gasteiger partial charge in [-0.15, -0.1) is 12.4 Å². The highest BCUT2D eigenvalue weighted by Gasteiger charge is 2.12. The SMILES string of the molecule is CCCCC[C@H](N)c1cccc(Br)c1F.Cl. The summed E-state index contributed by atoms with van der Waals surface area (Å²) in [6.45, 7) is 2.14. The molecule has 0 fully saturated rings. The van der Waals surface area contributed by atoms with Gasteiger partial charge < -0.3 is 5.73 Å². The van der Waals surface area contributed by atoms with Gasteiger partial charge in [0.05, 0.1) is 4.47 Å². The molecular formula is C12H18BrClFN. The lowest BCUT2D eigenvalue weighted by atomic mass is 10.0. The van der Waals surface area contributed by atoms with Gasteiger partial charge in [0.1, 0.15) is 5.82 Å². The van der Waals surface area contributed by atoms with E-state index in [4.69, 9.17) is 5.73 Å². The first-order valence-electron chi connectivity index (χ1n) is 5.36. The van der Waals surface area contributed by atoms with Crippen LogP contribution in [0.4, 0.5) is 4.39 Å². The molecule has 0 radical (unpaired) electrons. The molecule has 0 bridgehead atoms. The summed E-state index contributed by atoms with van der Waals surface area (Å²) in [6, 6.07) is 5.09. The molecule has 4 heteroatoms. The Labute approximate surface area is 111 Å². The summed E-state index contributed by atoms with van der Waals surface area (Å²) in [6.07, 6.45) is 4.22. The van der Waals surface area contributed by atoms with Crippen LogP contribution in [0.25, 0.3) is 0 Å². The maximum absolute atomic E-state index is 13.6. The predicted molar refractivity (Wildman–Crippen MR) is 72.4 cm³/mol. The topological polar surface area (TPSA) is 26.0 Å². The average Bonchev–Trinajstić information content (AvgIpc) is 2.22. The lowest BCUT2D eigenvalue weighted by molar-refractivity contribution is 0.536. The smallest absolute Gasteiger partial charge is 0.142 e. The van der Waals surface area contributed by atoms with E-state index in [1.807, 2.05) is 6.07 Å². The van der Waals surface area contributed by atoms with E-state index in [2.05, 4.69) is 22.9 Å². The zero-order valence-electron chi connectivity index (χ0n) is 9.38. The Morgan fingerprint density at radius 1 is 1.38 bits per heavy atom. The number of unbranched alkanes of at least 4 members (excludes halogenated alkanes) is 2. The van der Waals surface area contributed by atoms with Gasteiger partial charge in [-0.1, -0.05) is 38.3 Å². The van der Waals surface area contributed by atoms with Crippen molar-refractivity contribution in [2.45, 2.75) is 38.6 Å². The van der Waals surface area contributed by atoms with E-state index in [1.54, 1.807) is 12.1 Å². The second-order valence-electron chi connectivity index (χ2n) is 3.75. The number of hydrogen-bond acceptors (Lipinski definition) is 1. The van der Waals surface area contributed by atoms with Gasteiger partial charge in [-0.2, -0.15) is 0 Å². The van der Waals surface area contributed by atoms with Crippen LogP contribution in [0.3, 0.4) is 0 Å². The molecule has 0 saturated carbocycles. The van der Waals surface area contributed by atoms with E-state index in [0.717, 1.165) is 25.7 Å². The average molecular weight is 311 g/mol. The van der Waals surface area contributed by atoms with Crippen LogP contribution in [0.2, 0.25) is 0 Å². The minimum absolute atomic E-state index is 0. The largest absolute Gasteiger partial charge is 0.324 e. The Morgan fingerprint density at radius 2 is 2.06 bits per heavy atom. The van der Waals surface area contributed by atoms with Gasteiger partial charge in [0, 0.05) is 11.6 Å². The number of nitrogens with two attached hydrogens (primary N) is 1. The number of hydrogen-bond donors (Lipinski definition) is 1. The second-order valence-corrected chi connectivity index (χ2v) is 4.60. The minimum Gasteiger partial charge on any atom is -0.324 e. The Morgan fingerprint density at radius 3 is 2.69 bits per heavy atom. The van der Waals surface area contributed by atoms with Gasteiger partial charge in [-0.25, -0.2) is 4.39 Å². The van der Waals surface area contributed by atoms with Crippen LogP contribution in [0.1, 0.15) is 44.2 Å². The summed E-state index contributed by atoms with van der Waals surface area (Å²) in [5.41, 5.74) is 6.56. The van der Waals surface area contributed by atoms with Gasteiger partial charge in [0.25, 0.3) is 0 Å². The van der Waals surface area contributed by atoms with Crippen LogP contribution < -0.4 is 5.73 Å². The Bertz CT molecular complexity index is 320. The number of benzene rings is 1. The molecule has 16 heavy (non-hydrogen) atoms. The molecule has 0 amide bonds. The molecule has 1 rings (SSSR count). The van der Waals surface area contributed by atoms with E-state index in [1.165, 1.54) is 0 Å². The highest BCUT2D eigenvalue weighted by Crippen LogP contribution is 2.25. The van der Waals surface area contributed by atoms with Crippen LogP contribution in [0, 0.1) is 5.82 Å². The fourth-order valence-electron chi connectivity index (χ4n) is 1.58. The van der Waals surface area contributed by atoms with Crippen molar-refractivity contribution in [2.75, 3.05) is 0 Å². The lowest BCUT2D eigenvalue weighted by Gasteiger charge is -2.13. The predicted octanol–water partition coefficient (Wildman–Crippen LogP) is 4.59. The van der Waals surface area contributed by atoms with Crippen LogP contribution in [-0.4, -0.2) is 0 Å². The van der Waals surface area contributed by atoms with E-state index in [9.17, 15) is 4.39 Å². The van der Waals surface area contributed by atoms with Crippen LogP contribution >= 0.6 is 28.3 Å². The fourth-order valence-corrected chi connectivity index (χ4v) is 1.96. The van der Waals surface area contributed by atoms with Crippen molar-refractivity contribution in [3.8, 4) is 0 Å². The molecule has 1 atom stereocenters. The van der Waals surface area contributed by atoms with Crippen LogP contribution in [0.15, 0.2) is 22.7 Å². The Hall–Kier alpha value is -0.120. The van der Waals surface area contributed by atoms with Gasteiger partial charge in [-0.3, -0.25) is 0 Å². The summed E-state index contributed by atoms with van der Waals surface area (Å²) in [4.78, 5) is 0. The van der Waals surface area contributed by atoms with E-state index in [-0.39, 0.29) is 24.3 Å². The molecule has 1 nitrogen and oxygen atoms in total. The Balaban J connectivity index is 0.00000225. The van der Waals surface area contributed by atoms with Crippen molar-refractivity contribution < 1.29 is 4.39 Å². The van der Waals surface area contributed by atoms with Crippen molar-refractivity contribution in [3.63, 3.8) is 0 Å². The standard InChI is InChI=1S/C12H17BrFN.ClH/c1-2-3-4-8-11(15)9-6-5-7-10(13)12(9)14;/h5-7,11H,2-4,8,15H2,1H3;1H/t11-;/m0./s1. The maximum atomic E-state index is 13.6. The number of halogens is 3. The molecule has 92 valence electrons. The normalized spacial score (nSPS) is 12.0. The van der Waals surface area contributed by atoms with Crippen molar-refractivity contribution in [2.24, 2.45) is 5.73 Å². The minimum atomic E-state index is -0.221. The quantitative estimate of drug-likeness (QED) is 0.791. The molecule has 1 aromatic rings. The summed E-state index contributed by atoms with van der Waals surface area (Å²) in [5, 5.41) is 0. The monoisotopic (exact) mass is 309 g/mol. The first kappa shape index (κ1) is 15.9. The van der Waals surface area contributed by atoms with E-state index >= 15 is 0 Å². The van der Waals surface area contributed by atoms with Crippen LogP contribution in [-0.2, 0) is 0 Å². The molecule has 1 aromatic carbocycles. The highest BCUT2D eigenvalue weighted by atomic mass is 79.9. The molecule has 0 spiro atoms. The van der Waals surface area contributed by atoms with Crippen molar-refractivity contribution in [3.05, 3.63) is 34.1 Å². The van der Waals surface area contributed by atoms with Gasteiger partial charge >= 0.3 is 0 Å². The second kappa shape index (κ2) is 8.04. The van der Waals surface area contributed by atoms with Gasteiger partial charge in [0.2, 0.25) is 0 Å². The van der Waals surface area contributed by atoms with E-state index in [0.29, 0.717) is 10.0 Å². The van der Waals surface area contributed by atoms with Gasteiger partial charge in [-0.05, 0) is 28.4 Å². The highest BCUT2D eigenvalue weighted by molar-refractivity contribution is 9.10. The first-order chi connectivity index (χ1) is 7.16. The molecule has 0 aliphatic rings. The third-order valence-electron chi connectivity index (χ3n) is 2.50. The molecule has 0 unspecified atom stereocenters. The van der Waals surface area contributed by atoms with Crippen molar-refractivity contribution >= 4 is 28.3 Å². The summed E-state index contributed by atoms with van der Waals surface area (Å²) in [5.74, 6) is -0.221. The zero-order valence-corrected chi connectivity index (χ0v) is 11.8. The number of rotatable bonds is 5. The fraction of sp³-hybridized carbons (Fsp3) is 0.500. The van der Waals surface area contributed by atoms with Crippen molar-refractivity contribution in [1.82, 2.24) is 0 Å². The molecule has 2 N–H and O–H groups in total.